The van der Waals surface area contributed by atoms with E-state index in [9.17, 15) is 15.3 Å². The van der Waals surface area contributed by atoms with Crippen LogP contribution in [0.25, 0.3) is 0 Å². The van der Waals surface area contributed by atoms with Gasteiger partial charge in [0, 0.05) is 6.92 Å². The number of hydrogen-bond acceptors (Lipinski definition) is 4. The smallest absolute Gasteiger partial charge is 0.305 e. The van der Waals surface area contributed by atoms with Crippen LogP contribution in [0, 0.1) is 22.7 Å². The van der Waals surface area contributed by atoms with E-state index in [-0.39, 0.29) is 0 Å². The molecule has 18 heavy (non-hydrogen) atoms. The van der Waals surface area contributed by atoms with E-state index in [1.807, 2.05) is 6.07 Å². The topological polar surface area (TPSA) is 73.9 Å². The second-order valence-electron chi connectivity index (χ2n) is 3.68. The van der Waals surface area contributed by atoms with Crippen molar-refractivity contribution in [3.05, 3.63) is 48.6 Å². The van der Waals surface area contributed by atoms with E-state index in [0.717, 1.165) is 6.92 Å². The Morgan fingerprint density at radius 1 is 1.39 bits per heavy atom. The minimum Gasteiger partial charge on any atom is -0.429 e. The van der Waals surface area contributed by atoms with Gasteiger partial charge in [-0.15, -0.1) is 6.58 Å². The van der Waals surface area contributed by atoms with E-state index < -0.39 is 17.5 Å². The maximum absolute atomic E-state index is 11.1. The van der Waals surface area contributed by atoms with E-state index in [1.165, 1.54) is 6.08 Å². The van der Waals surface area contributed by atoms with Crippen LogP contribution in [0.2, 0.25) is 0 Å². The molecule has 0 spiro atoms. The molecule has 0 radical (unpaired) electrons. The molecule has 90 valence electrons. The van der Waals surface area contributed by atoms with E-state index >= 15 is 0 Å². The molecular weight excluding hydrogens is 228 g/mol. The molecule has 0 aromatic heterocycles. The van der Waals surface area contributed by atoms with Gasteiger partial charge in [-0.3, -0.25) is 4.79 Å². The summed E-state index contributed by atoms with van der Waals surface area (Å²) in [6.07, 6.45) is 1.44. The summed E-state index contributed by atoms with van der Waals surface area (Å²) in [4.78, 5) is 11.1. The lowest BCUT2D eigenvalue weighted by atomic mass is 9.83. The maximum atomic E-state index is 11.1. The molecule has 1 aromatic rings. The van der Waals surface area contributed by atoms with Gasteiger partial charge in [-0.1, -0.05) is 36.4 Å². The Labute approximate surface area is 106 Å². The van der Waals surface area contributed by atoms with Gasteiger partial charge in [-0.2, -0.15) is 10.5 Å². The normalized spacial score (nSPS) is 11.7. The highest BCUT2D eigenvalue weighted by Crippen LogP contribution is 2.32. The van der Waals surface area contributed by atoms with Gasteiger partial charge < -0.3 is 4.74 Å². The number of benzene rings is 1. The van der Waals surface area contributed by atoms with Crippen molar-refractivity contribution in [2.45, 2.75) is 18.4 Å². The lowest BCUT2D eigenvalue weighted by Crippen LogP contribution is -2.37. The van der Waals surface area contributed by atoms with Crippen molar-refractivity contribution in [3.8, 4) is 12.1 Å². The van der Waals surface area contributed by atoms with Crippen LogP contribution in [0.4, 0.5) is 0 Å². The maximum Gasteiger partial charge on any atom is 0.305 e. The number of nitrogens with zero attached hydrogens (tertiary/aromatic N) is 2. The van der Waals surface area contributed by atoms with Crippen molar-refractivity contribution in [2.24, 2.45) is 0 Å². The average Bonchev–Trinajstić information content (AvgIpc) is 2.39. The Morgan fingerprint density at radius 2 is 1.94 bits per heavy atom. The summed E-state index contributed by atoms with van der Waals surface area (Å²) in [6, 6.07) is 12.4. The molecule has 0 aliphatic rings. The second kappa shape index (κ2) is 5.65. The number of carbonyl (C=O) groups is 1. The largest absolute Gasteiger partial charge is 0.429 e. The van der Waals surface area contributed by atoms with E-state index in [4.69, 9.17) is 4.74 Å². The Balaban J connectivity index is 3.28. The fourth-order valence-corrected chi connectivity index (χ4v) is 1.70. The minimum absolute atomic E-state index is 0.680. The third-order valence-electron chi connectivity index (χ3n) is 2.47. The Bertz CT molecular complexity index is 509. The minimum atomic E-state index is -1.88. The molecule has 4 nitrogen and oxygen atoms in total. The number of nitriles is 2. The van der Waals surface area contributed by atoms with Crippen LogP contribution in [-0.4, -0.2) is 11.6 Å². The first-order valence-electron chi connectivity index (χ1n) is 5.29. The van der Waals surface area contributed by atoms with Crippen LogP contribution in [0.3, 0.4) is 0 Å². The predicted octanol–water partition coefficient (Wildman–Crippen LogP) is 2.31. The van der Waals surface area contributed by atoms with Gasteiger partial charge in [0.1, 0.15) is 12.1 Å². The molecule has 0 aliphatic carbocycles. The average molecular weight is 240 g/mol. The van der Waals surface area contributed by atoms with Gasteiger partial charge >= 0.3 is 5.97 Å². The van der Waals surface area contributed by atoms with E-state index in [0.29, 0.717) is 5.56 Å². The zero-order valence-electron chi connectivity index (χ0n) is 9.96. The van der Waals surface area contributed by atoms with Crippen LogP contribution in [0.1, 0.15) is 18.4 Å². The molecule has 0 bridgehead atoms. The summed E-state index contributed by atoms with van der Waals surface area (Å²) in [5.74, 6) is -1.38. The summed E-state index contributed by atoms with van der Waals surface area (Å²) in [5, 5.41) is 18.4. The third kappa shape index (κ3) is 2.56. The summed E-state index contributed by atoms with van der Waals surface area (Å²) in [6.45, 7) is 4.77. The molecule has 1 atom stereocenters. The van der Waals surface area contributed by atoms with Gasteiger partial charge in [0.15, 0.2) is 0 Å². The molecule has 0 fully saturated rings. The molecule has 0 heterocycles. The van der Waals surface area contributed by atoms with Gasteiger partial charge in [0.2, 0.25) is 0 Å². The number of carbonyl (C=O) groups excluding carboxylic acids is 1. The summed E-state index contributed by atoms with van der Waals surface area (Å²) in [5.41, 5.74) is -1.19. The highest BCUT2D eigenvalue weighted by atomic mass is 16.6. The Morgan fingerprint density at radius 3 is 2.33 bits per heavy atom. The Kier molecular flexibility index (Phi) is 4.23. The fraction of sp³-hybridized carbons (Fsp3) is 0.214. The number of ether oxygens (including phenoxy) is 1. The van der Waals surface area contributed by atoms with Crippen LogP contribution >= 0.6 is 0 Å². The van der Waals surface area contributed by atoms with Crippen LogP contribution < -0.4 is 0 Å². The molecule has 0 saturated heterocycles. The fourth-order valence-electron chi connectivity index (χ4n) is 1.70. The van der Waals surface area contributed by atoms with Crippen molar-refractivity contribution in [3.63, 3.8) is 0 Å². The van der Waals surface area contributed by atoms with Gasteiger partial charge in [-0.05, 0) is 5.56 Å². The zero-order chi connectivity index (χ0) is 13.6. The first-order valence-corrected chi connectivity index (χ1v) is 5.29. The van der Waals surface area contributed by atoms with Crippen LogP contribution in [-0.2, 0) is 9.53 Å². The molecule has 0 unspecified atom stereocenters. The lowest BCUT2D eigenvalue weighted by Gasteiger charge is -2.26. The molecule has 4 heteroatoms. The standard InChI is InChI=1S/C14H12N2O2/c1-3-13(12-7-5-4-6-8-12)14(9-15,10-16)18-11(2)17/h3-8,13H,1H2,2H3/t13-/m1/s1. The van der Waals surface area contributed by atoms with Crippen molar-refractivity contribution in [1.29, 1.82) is 10.5 Å². The molecule has 0 amide bonds. The number of hydrogen-bond donors (Lipinski definition) is 0. The molecule has 1 rings (SSSR count). The van der Waals surface area contributed by atoms with Crippen molar-refractivity contribution < 1.29 is 9.53 Å². The van der Waals surface area contributed by atoms with E-state index in [2.05, 4.69) is 6.58 Å². The van der Waals surface area contributed by atoms with Crippen molar-refractivity contribution in [1.82, 2.24) is 0 Å². The highest BCUT2D eigenvalue weighted by molar-refractivity contribution is 5.68. The predicted molar refractivity (Wildman–Crippen MR) is 65.1 cm³/mol. The van der Waals surface area contributed by atoms with Gasteiger partial charge in [0.05, 0.1) is 5.92 Å². The first-order chi connectivity index (χ1) is 8.59. The lowest BCUT2D eigenvalue weighted by molar-refractivity contribution is -0.148. The summed E-state index contributed by atoms with van der Waals surface area (Å²) < 4.78 is 4.91. The molecule has 0 N–H and O–H groups in total. The molecule has 0 saturated carbocycles. The molecule has 1 aromatic carbocycles. The van der Waals surface area contributed by atoms with Crippen molar-refractivity contribution >= 4 is 5.97 Å². The van der Waals surface area contributed by atoms with E-state index in [1.54, 1.807) is 36.4 Å². The number of rotatable bonds is 4. The summed E-state index contributed by atoms with van der Waals surface area (Å²) in [7, 11) is 0. The third-order valence-corrected chi connectivity index (χ3v) is 2.47. The highest BCUT2D eigenvalue weighted by Gasteiger charge is 2.42. The van der Waals surface area contributed by atoms with Crippen molar-refractivity contribution in [2.75, 3.05) is 0 Å². The van der Waals surface area contributed by atoms with Gasteiger partial charge in [-0.25, -0.2) is 0 Å². The number of esters is 1. The van der Waals surface area contributed by atoms with Gasteiger partial charge in [0.25, 0.3) is 5.60 Å². The first kappa shape index (κ1) is 13.5. The Hall–Kier alpha value is -2.59. The quantitative estimate of drug-likeness (QED) is 0.597. The molecular formula is C14H12N2O2. The monoisotopic (exact) mass is 240 g/mol. The second-order valence-corrected chi connectivity index (χ2v) is 3.68. The zero-order valence-corrected chi connectivity index (χ0v) is 9.96. The molecule has 0 aliphatic heterocycles. The summed E-state index contributed by atoms with van der Waals surface area (Å²) >= 11 is 0. The van der Waals surface area contributed by atoms with Crippen LogP contribution in [0.15, 0.2) is 43.0 Å². The van der Waals surface area contributed by atoms with Crippen LogP contribution in [0.5, 0.6) is 0 Å². The SMILES string of the molecule is C=C[C@H](c1ccccc1)C(C#N)(C#N)OC(C)=O.